The summed E-state index contributed by atoms with van der Waals surface area (Å²) in [7, 11) is 0. The van der Waals surface area contributed by atoms with E-state index >= 15 is 0 Å². The molecule has 0 fully saturated rings. The molecule has 1 unspecified atom stereocenters. The van der Waals surface area contributed by atoms with Crippen molar-refractivity contribution in [2.45, 2.75) is 65.8 Å². The third-order valence-corrected chi connectivity index (χ3v) is 2.98. The predicted octanol–water partition coefficient (Wildman–Crippen LogP) is 3.74. The van der Waals surface area contributed by atoms with Gasteiger partial charge in [0.05, 0.1) is 0 Å². The second kappa shape index (κ2) is 10.1. The van der Waals surface area contributed by atoms with Gasteiger partial charge < -0.3 is 9.64 Å². The third kappa shape index (κ3) is 6.20. The molecule has 0 spiro atoms. The second-order valence-corrected chi connectivity index (χ2v) is 4.76. The van der Waals surface area contributed by atoms with E-state index in [1.165, 1.54) is 0 Å². The Labute approximate surface area is 112 Å². The second-order valence-electron chi connectivity index (χ2n) is 4.76. The van der Waals surface area contributed by atoms with E-state index in [1.807, 2.05) is 18.7 Å². The lowest BCUT2D eigenvalue weighted by Gasteiger charge is -2.31. The van der Waals surface area contributed by atoms with Crippen LogP contribution in [0.4, 0.5) is 0 Å². The minimum absolute atomic E-state index is 0.0407. The van der Waals surface area contributed by atoms with Crippen LogP contribution in [0, 0.1) is 0 Å². The topological polar surface area (TPSA) is 29.5 Å². The van der Waals surface area contributed by atoms with Gasteiger partial charge in [0.2, 0.25) is 0 Å². The van der Waals surface area contributed by atoms with Gasteiger partial charge in [-0.25, -0.2) is 0 Å². The first-order chi connectivity index (χ1) is 8.58. The van der Waals surface area contributed by atoms with Crippen LogP contribution in [0.1, 0.15) is 59.8 Å². The summed E-state index contributed by atoms with van der Waals surface area (Å²) in [5.41, 5.74) is 0.822. The van der Waals surface area contributed by atoms with Crippen LogP contribution < -0.4 is 0 Å². The Morgan fingerprint density at radius 3 is 2.39 bits per heavy atom. The summed E-state index contributed by atoms with van der Waals surface area (Å²) in [6, 6.07) is 0.264. The molecule has 0 heterocycles. The Balaban J connectivity index is 4.50. The molecule has 0 aliphatic carbocycles. The van der Waals surface area contributed by atoms with E-state index < -0.39 is 0 Å². The van der Waals surface area contributed by atoms with Crippen LogP contribution in [0.2, 0.25) is 0 Å². The standard InChI is InChI=1S/C15H29NO2/c1-6-9-10-14(8-3)16(13(4)5)15(17)12-18-11-7-2/h14H,4,6-12H2,1-3,5H3. The van der Waals surface area contributed by atoms with Crippen molar-refractivity contribution in [3.05, 3.63) is 12.3 Å². The number of rotatable bonds is 10. The number of carbonyl (C=O) groups is 1. The van der Waals surface area contributed by atoms with Gasteiger partial charge in [0, 0.05) is 18.3 Å². The fraction of sp³-hybridized carbons (Fsp3) is 0.800. The van der Waals surface area contributed by atoms with E-state index in [2.05, 4.69) is 20.4 Å². The summed E-state index contributed by atoms with van der Waals surface area (Å²) >= 11 is 0. The van der Waals surface area contributed by atoms with Crippen LogP contribution in [0.3, 0.4) is 0 Å². The molecule has 0 N–H and O–H groups in total. The van der Waals surface area contributed by atoms with Crippen LogP contribution in [0.15, 0.2) is 12.3 Å². The van der Waals surface area contributed by atoms with Gasteiger partial charge in [0.1, 0.15) is 6.61 Å². The van der Waals surface area contributed by atoms with Crippen molar-refractivity contribution in [3.8, 4) is 0 Å². The molecular formula is C15H29NO2. The molecule has 0 aliphatic rings. The van der Waals surface area contributed by atoms with Gasteiger partial charge >= 0.3 is 0 Å². The zero-order valence-electron chi connectivity index (χ0n) is 12.5. The molecule has 0 saturated carbocycles. The fourth-order valence-corrected chi connectivity index (χ4v) is 2.06. The predicted molar refractivity (Wildman–Crippen MR) is 76.4 cm³/mol. The van der Waals surface area contributed by atoms with Gasteiger partial charge in [0.15, 0.2) is 0 Å². The summed E-state index contributed by atoms with van der Waals surface area (Å²) in [4.78, 5) is 14.0. The number of hydrogen-bond donors (Lipinski definition) is 0. The van der Waals surface area contributed by atoms with Crippen molar-refractivity contribution < 1.29 is 9.53 Å². The fourth-order valence-electron chi connectivity index (χ4n) is 2.06. The molecule has 0 aromatic heterocycles. The van der Waals surface area contributed by atoms with Crippen LogP contribution in [0.5, 0.6) is 0 Å². The summed E-state index contributed by atoms with van der Waals surface area (Å²) in [6.45, 7) is 13.0. The highest BCUT2D eigenvalue weighted by Crippen LogP contribution is 2.17. The van der Waals surface area contributed by atoms with Crippen LogP contribution >= 0.6 is 0 Å². The highest BCUT2D eigenvalue weighted by molar-refractivity contribution is 5.79. The maximum Gasteiger partial charge on any atom is 0.252 e. The number of unbranched alkanes of at least 4 members (excludes halogenated alkanes) is 1. The monoisotopic (exact) mass is 255 g/mol. The molecule has 106 valence electrons. The Morgan fingerprint density at radius 1 is 1.28 bits per heavy atom. The first kappa shape index (κ1) is 17.2. The van der Waals surface area contributed by atoms with Crippen molar-refractivity contribution >= 4 is 5.91 Å². The van der Waals surface area contributed by atoms with Gasteiger partial charge in [-0.05, 0) is 26.2 Å². The van der Waals surface area contributed by atoms with E-state index in [0.29, 0.717) is 6.61 Å². The molecule has 18 heavy (non-hydrogen) atoms. The molecule has 0 aliphatic heterocycles. The Kier molecular flexibility index (Phi) is 9.66. The molecule has 0 radical (unpaired) electrons. The number of carbonyl (C=O) groups excluding carboxylic acids is 1. The lowest BCUT2D eigenvalue weighted by Crippen LogP contribution is -2.40. The van der Waals surface area contributed by atoms with E-state index in [0.717, 1.165) is 37.8 Å². The van der Waals surface area contributed by atoms with E-state index in [4.69, 9.17) is 4.74 Å². The number of hydrogen-bond acceptors (Lipinski definition) is 2. The summed E-state index contributed by atoms with van der Waals surface area (Å²) < 4.78 is 5.34. The van der Waals surface area contributed by atoms with Crippen molar-refractivity contribution in [2.24, 2.45) is 0 Å². The van der Waals surface area contributed by atoms with Crippen LogP contribution in [0.25, 0.3) is 0 Å². The largest absolute Gasteiger partial charge is 0.372 e. The molecule has 0 aromatic rings. The lowest BCUT2D eigenvalue weighted by molar-refractivity contribution is -0.136. The average molecular weight is 255 g/mol. The Morgan fingerprint density at radius 2 is 1.94 bits per heavy atom. The number of ether oxygens (including phenoxy) is 1. The Bertz CT molecular complexity index is 251. The molecule has 1 amide bonds. The SMILES string of the molecule is C=C(C)N(C(=O)COCCC)C(CC)CCCC. The first-order valence-corrected chi connectivity index (χ1v) is 7.13. The maximum atomic E-state index is 12.2. The van der Waals surface area contributed by atoms with E-state index in [-0.39, 0.29) is 18.6 Å². The van der Waals surface area contributed by atoms with Gasteiger partial charge in [-0.1, -0.05) is 40.2 Å². The summed E-state index contributed by atoms with van der Waals surface area (Å²) in [6.07, 6.45) is 5.24. The maximum absolute atomic E-state index is 12.2. The van der Waals surface area contributed by atoms with Gasteiger partial charge in [-0.3, -0.25) is 4.79 Å². The van der Waals surface area contributed by atoms with Crippen molar-refractivity contribution in [3.63, 3.8) is 0 Å². The zero-order valence-corrected chi connectivity index (χ0v) is 12.5. The van der Waals surface area contributed by atoms with Crippen molar-refractivity contribution in [1.29, 1.82) is 0 Å². The molecule has 0 rings (SSSR count). The highest BCUT2D eigenvalue weighted by Gasteiger charge is 2.22. The quantitative estimate of drug-likeness (QED) is 0.556. The van der Waals surface area contributed by atoms with E-state index in [9.17, 15) is 4.79 Å². The molecule has 0 aromatic carbocycles. The molecule has 3 nitrogen and oxygen atoms in total. The molecule has 1 atom stereocenters. The van der Waals surface area contributed by atoms with Crippen molar-refractivity contribution in [2.75, 3.05) is 13.2 Å². The Hall–Kier alpha value is -0.830. The van der Waals surface area contributed by atoms with Crippen molar-refractivity contribution in [1.82, 2.24) is 4.90 Å². The highest BCUT2D eigenvalue weighted by atomic mass is 16.5. The number of nitrogens with zero attached hydrogens (tertiary/aromatic N) is 1. The number of amides is 1. The van der Waals surface area contributed by atoms with Gasteiger partial charge in [-0.15, -0.1) is 0 Å². The summed E-state index contributed by atoms with van der Waals surface area (Å²) in [5, 5.41) is 0. The molecule has 0 saturated heterocycles. The number of allylic oxidation sites excluding steroid dienone is 1. The van der Waals surface area contributed by atoms with E-state index in [1.54, 1.807) is 0 Å². The smallest absolute Gasteiger partial charge is 0.252 e. The molecule has 0 bridgehead atoms. The third-order valence-electron chi connectivity index (χ3n) is 2.98. The van der Waals surface area contributed by atoms with Crippen LogP contribution in [-0.2, 0) is 9.53 Å². The molecular weight excluding hydrogens is 226 g/mol. The lowest BCUT2D eigenvalue weighted by atomic mass is 10.1. The average Bonchev–Trinajstić information content (AvgIpc) is 2.33. The first-order valence-electron chi connectivity index (χ1n) is 7.13. The van der Waals surface area contributed by atoms with Gasteiger partial charge in [0.25, 0.3) is 5.91 Å². The van der Waals surface area contributed by atoms with Gasteiger partial charge in [-0.2, -0.15) is 0 Å². The molecule has 3 heteroatoms. The minimum atomic E-state index is 0.0407. The summed E-state index contributed by atoms with van der Waals surface area (Å²) in [5.74, 6) is 0.0407. The normalized spacial score (nSPS) is 12.2. The van der Waals surface area contributed by atoms with Crippen LogP contribution in [-0.4, -0.2) is 30.1 Å². The zero-order chi connectivity index (χ0) is 14.0. The minimum Gasteiger partial charge on any atom is -0.372 e.